The van der Waals surface area contributed by atoms with Crippen LogP contribution in [-0.2, 0) is 4.43 Å². The molecule has 0 spiro atoms. The molecule has 0 unspecified atom stereocenters. The van der Waals surface area contributed by atoms with E-state index in [9.17, 15) is 9.59 Å². The van der Waals surface area contributed by atoms with Crippen molar-refractivity contribution in [3.05, 3.63) is 0 Å². The molecule has 0 aliphatic rings. The molecule has 0 saturated heterocycles. The second kappa shape index (κ2) is 6.50. The summed E-state index contributed by atoms with van der Waals surface area (Å²) in [4.78, 5) is 20.7. The summed E-state index contributed by atoms with van der Waals surface area (Å²) in [7, 11) is -1.95. The molecule has 13 heavy (non-hydrogen) atoms. The van der Waals surface area contributed by atoms with Gasteiger partial charge in [0.2, 0.25) is 0 Å². The Balaban J connectivity index is 3.54. The highest BCUT2D eigenvalue weighted by molar-refractivity contribution is 6.57. The largest absolute Gasteiger partial charge is 0.495 e. The molecule has 0 bridgehead atoms. The van der Waals surface area contributed by atoms with Crippen molar-refractivity contribution in [2.75, 3.05) is 26.7 Å². The third-order valence-corrected chi connectivity index (χ3v) is 3.86. The summed E-state index contributed by atoms with van der Waals surface area (Å²) in [5.74, 6) is 0. The minimum absolute atomic E-state index is 0.389. The molecule has 5 heteroatoms. The minimum atomic E-state index is -3.30. The van der Waals surface area contributed by atoms with Gasteiger partial charge in [0.25, 0.3) is 0 Å². The Morgan fingerprint density at radius 2 is 1.77 bits per heavy atom. The van der Waals surface area contributed by atoms with Crippen LogP contribution in [0.2, 0.25) is 6.04 Å². The van der Waals surface area contributed by atoms with Crippen LogP contribution in [0.5, 0.6) is 0 Å². The molecule has 0 aliphatic heterocycles. The van der Waals surface area contributed by atoms with Crippen LogP contribution in [-0.4, -0.2) is 50.0 Å². The average molecular weight is 207 g/mol. The Bertz CT molecular complexity index is 129. The molecule has 0 aliphatic carbocycles. The van der Waals surface area contributed by atoms with Gasteiger partial charge in [-0.05, 0) is 26.1 Å². The van der Waals surface area contributed by atoms with Crippen molar-refractivity contribution in [1.82, 2.24) is 4.90 Å². The van der Waals surface area contributed by atoms with E-state index in [-0.39, 0.29) is 0 Å². The summed E-state index contributed by atoms with van der Waals surface area (Å²) >= 11 is 0. The van der Waals surface area contributed by atoms with E-state index in [1.165, 1.54) is 7.11 Å². The molecule has 0 aromatic rings. The Labute approximate surface area is 81.5 Å². The lowest BCUT2D eigenvalue weighted by Crippen LogP contribution is -2.38. The summed E-state index contributed by atoms with van der Waals surface area (Å²) in [5, 5.41) is 0. The fourth-order valence-electron chi connectivity index (χ4n) is 1.17. The smallest absolute Gasteiger partial charge is 0.390 e. The molecule has 2 N–H and O–H groups in total. The highest BCUT2D eigenvalue weighted by Crippen LogP contribution is 2.06. The topological polar surface area (TPSA) is 52.9 Å². The number of hydrogen-bond acceptors (Lipinski definition) is 4. The molecule has 0 aromatic heterocycles. The van der Waals surface area contributed by atoms with Gasteiger partial charge in [-0.2, -0.15) is 0 Å². The Morgan fingerprint density at radius 1 is 1.23 bits per heavy atom. The number of hydrogen-bond donors (Lipinski definition) is 2. The first-order valence-corrected chi connectivity index (χ1v) is 6.79. The zero-order valence-electron chi connectivity index (χ0n) is 8.79. The van der Waals surface area contributed by atoms with Crippen LogP contribution in [0.25, 0.3) is 0 Å². The first-order chi connectivity index (χ1) is 6.05. The summed E-state index contributed by atoms with van der Waals surface area (Å²) in [5.41, 5.74) is 0. The second-order valence-electron chi connectivity index (χ2n) is 3.08. The zero-order chi connectivity index (χ0) is 10.3. The van der Waals surface area contributed by atoms with E-state index in [0.717, 1.165) is 26.1 Å². The molecule has 0 aromatic carbocycles. The van der Waals surface area contributed by atoms with Crippen LogP contribution in [0.15, 0.2) is 0 Å². The molecule has 0 radical (unpaired) electrons. The molecule has 0 fully saturated rings. The van der Waals surface area contributed by atoms with Crippen LogP contribution >= 0.6 is 0 Å². The van der Waals surface area contributed by atoms with Crippen molar-refractivity contribution in [1.29, 1.82) is 0 Å². The second-order valence-corrected chi connectivity index (χ2v) is 5.47. The Kier molecular flexibility index (Phi) is 6.53. The zero-order valence-corrected chi connectivity index (χ0v) is 9.79. The van der Waals surface area contributed by atoms with E-state index in [2.05, 4.69) is 23.2 Å². The van der Waals surface area contributed by atoms with Crippen LogP contribution in [0.4, 0.5) is 0 Å². The predicted molar refractivity (Wildman–Crippen MR) is 54.4 cm³/mol. The maximum Gasteiger partial charge on any atom is 0.495 e. The number of nitrogens with zero attached hydrogens (tertiary/aromatic N) is 1. The Morgan fingerprint density at radius 3 is 2.15 bits per heavy atom. The van der Waals surface area contributed by atoms with Gasteiger partial charge in [-0.15, -0.1) is 0 Å². The molecule has 80 valence electrons. The first kappa shape index (κ1) is 13.1. The van der Waals surface area contributed by atoms with Crippen molar-refractivity contribution in [3.8, 4) is 0 Å². The molecule has 0 atom stereocenters. The maximum atomic E-state index is 9.24. The Hall–Kier alpha value is 0.0569. The highest BCUT2D eigenvalue weighted by Gasteiger charge is 2.29. The van der Waals surface area contributed by atoms with E-state index in [1.54, 1.807) is 0 Å². The van der Waals surface area contributed by atoms with E-state index >= 15 is 0 Å². The molecule has 4 nitrogen and oxygen atoms in total. The predicted octanol–water partition coefficient (Wildman–Crippen LogP) is 0.288. The fraction of sp³-hybridized carbons (Fsp3) is 1.00. The van der Waals surface area contributed by atoms with Crippen molar-refractivity contribution >= 4 is 8.80 Å². The highest BCUT2D eigenvalue weighted by atomic mass is 28.4. The van der Waals surface area contributed by atoms with Crippen LogP contribution in [0.3, 0.4) is 0 Å². The van der Waals surface area contributed by atoms with Gasteiger partial charge >= 0.3 is 8.80 Å². The summed E-state index contributed by atoms with van der Waals surface area (Å²) in [6, 6.07) is 0.389. The van der Waals surface area contributed by atoms with Crippen molar-refractivity contribution < 1.29 is 14.0 Å². The summed E-state index contributed by atoms with van der Waals surface area (Å²) in [6.45, 7) is 7.13. The van der Waals surface area contributed by atoms with Crippen molar-refractivity contribution in [3.63, 3.8) is 0 Å². The van der Waals surface area contributed by atoms with Gasteiger partial charge in [-0.1, -0.05) is 13.8 Å². The van der Waals surface area contributed by atoms with Crippen LogP contribution in [0, 0.1) is 0 Å². The lowest BCUT2D eigenvalue weighted by atomic mass is 10.4. The van der Waals surface area contributed by atoms with Gasteiger partial charge in [0.1, 0.15) is 0 Å². The quantitative estimate of drug-likeness (QED) is 0.589. The third kappa shape index (κ3) is 6.17. The third-order valence-electron chi connectivity index (χ3n) is 2.20. The van der Waals surface area contributed by atoms with E-state index in [1.807, 2.05) is 0 Å². The molecule has 0 saturated carbocycles. The molecule has 0 amide bonds. The number of rotatable bonds is 7. The van der Waals surface area contributed by atoms with Gasteiger partial charge in [0, 0.05) is 13.2 Å². The molecular formula is C8H21NO3Si. The van der Waals surface area contributed by atoms with Gasteiger partial charge < -0.3 is 18.9 Å². The fourth-order valence-corrected chi connectivity index (χ4v) is 2.00. The van der Waals surface area contributed by atoms with Gasteiger partial charge in [-0.3, -0.25) is 0 Å². The van der Waals surface area contributed by atoms with Gasteiger partial charge in [-0.25, -0.2) is 0 Å². The summed E-state index contributed by atoms with van der Waals surface area (Å²) in [6.07, 6.45) is 0.786. The van der Waals surface area contributed by atoms with Crippen molar-refractivity contribution in [2.24, 2.45) is 0 Å². The molecule has 0 heterocycles. The molecule has 0 rings (SSSR count). The van der Waals surface area contributed by atoms with Gasteiger partial charge in [0.05, 0.1) is 0 Å². The maximum absolute atomic E-state index is 9.24. The lowest BCUT2D eigenvalue weighted by Gasteiger charge is -2.20. The van der Waals surface area contributed by atoms with E-state index in [4.69, 9.17) is 0 Å². The lowest BCUT2D eigenvalue weighted by molar-refractivity contribution is 0.180. The standard InChI is InChI=1S/C8H21NO3Si/c1-4-9(5-2)7-6-8-13(10,11)12-3/h10-11H,4-8H2,1-3H3. The average Bonchev–Trinajstić information content (AvgIpc) is 2.12. The van der Waals surface area contributed by atoms with Crippen LogP contribution < -0.4 is 0 Å². The van der Waals surface area contributed by atoms with Gasteiger partial charge in [0.15, 0.2) is 0 Å². The monoisotopic (exact) mass is 207 g/mol. The first-order valence-electron chi connectivity index (χ1n) is 4.78. The van der Waals surface area contributed by atoms with E-state index < -0.39 is 8.80 Å². The van der Waals surface area contributed by atoms with Crippen molar-refractivity contribution in [2.45, 2.75) is 26.3 Å². The summed E-state index contributed by atoms with van der Waals surface area (Å²) < 4.78 is 4.62. The molecular weight excluding hydrogens is 186 g/mol. The van der Waals surface area contributed by atoms with E-state index in [0.29, 0.717) is 6.04 Å². The van der Waals surface area contributed by atoms with Crippen LogP contribution in [0.1, 0.15) is 20.3 Å². The normalized spacial score (nSPS) is 12.5. The minimum Gasteiger partial charge on any atom is -0.390 e. The SMILES string of the molecule is CCN(CC)CCC[Si](O)(O)OC.